The zero-order valence-electron chi connectivity index (χ0n) is 8.17. The van der Waals surface area contributed by atoms with E-state index >= 15 is 0 Å². The van der Waals surface area contributed by atoms with Gasteiger partial charge in [-0.15, -0.1) is 0 Å². The average molecular weight is 206 g/mol. The minimum absolute atomic E-state index is 0.0597. The minimum Gasteiger partial charge on any atom is -0.351 e. The number of carbonyl (C=O) groups excluding carboxylic acids is 2. The SMILES string of the molecule is CN1C(=O)CN(C(N)=O)c2ncccc21. The number of primary amides is 1. The zero-order valence-corrected chi connectivity index (χ0v) is 8.17. The first kappa shape index (κ1) is 9.45. The van der Waals surface area contributed by atoms with Crippen LogP contribution < -0.4 is 15.5 Å². The molecule has 0 aromatic carbocycles. The third kappa shape index (κ3) is 1.39. The molecular formula is C9H10N4O2. The van der Waals surface area contributed by atoms with Crippen LogP contribution in [0.2, 0.25) is 0 Å². The van der Waals surface area contributed by atoms with Gasteiger partial charge in [-0.25, -0.2) is 9.78 Å². The van der Waals surface area contributed by atoms with E-state index in [-0.39, 0.29) is 12.5 Å². The molecule has 6 heteroatoms. The smallest absolute Gasteiger partial charge is 0.320 e. The number of pyridine rings is 1. The Morgan fingerprint density at radius 1 is 1.60 bits per heavy atom. The minimum atomic E-state index is -0.670. The van der Waals surface area contributed by atoms with Gasteiger partial charge in [-0.05, 0) is 12.1 Å². The fourth-order valence-corrected chi connectivity index (χ4v) is 1.49. The maximum absolute atomic E-state index is 11.5. The van der Waals surface area contributed by atoms with E-state index in [0.717, 1.165) is 4.90 Å². The van der Waals surface area contributed by atoms with Gasteiger partial charge in [-0.2, -0.15) is 0 Å². The molecule has 0 aliphatic carbocycles. The monoisotopic (exact) mass is 206 g/mol. The van der Waals surface area contributed by atoms with Crippen LogP contribution in [0.4, 0.5) is 16.3 Å². The molecule has 15 heavy (non-hydrogen) atoms. The van der Waals surface area contributed by atoms with E-state index < -0.39 is 6.03 Å². The maximum Gasteiger partial charge on any atom is 0.320 e. The van der Waals surface area contributed by atoms with Crippen LogP contribution in [0, 0.1) is 0 Å². The Labute approximate surface area is 86.3 Å². The highest BCUT2D eigenvalue weighted by atomic mass is 16.2. The van der Waals surface area contributed by atoms with Gasteiger partial charge in [0.15, 0.2) is 5.82 Å². The van der Waals surface area contributed by atoms with Crippen molar-refractivity contribution in [1.29, 1.82) is 0 Å². The van der Waals surface area contributed by atoms with Crippen molar-refractivity contribution in [3.63, 3.8) is 0 Å². The van der Waals surface area contributed by atoms with Crippen molar-refractivity contribution in [2.75, 3.05) is 23.4 Å². The zero-order chi connectivity index (χ0) is 11.0. The van der Waals surface area contributed by atoms with Gasteiger partial charge in [0.2, 0.25) is 5.91 Å². The molecule has 1 aromatic heterocycles. The molecule has 0 fully saturated rings. The van der Waals surface area contributed by atoms with Crippen molar-refractivity contribution in [1.82, 2.24) is 4.98 Å². The molecular weight excluding hydrogens is 196 g/mol. The summed E-state index contributed by atoms with van der Waals surface area (Å²) in [5.74, 6) is 0.237. The molecule has 2 heterocycles. The second-order valence-corrected chi connectivity index (χ2v) is 3.22. The Balaban J connectivity index is 2.54. The standard InChI is InChI=1S/C9H10N4O2/c1-12-6-3-2-4-11-8(6)13(9(10)15)5-7(12)14/h2-4H,5H2,1H3,(H2,10,15). The first-order valence-corrected chi connectivity index (χ1v) is 4.40. The lowest BCUT2D eigenvalue weighted by atomic mass is 10.2. The molecule has 0 bridgehead atoms. The van der Waals surface area contributed by atoms with E-state index in [0.29, 0.717) is 11.5 Å². The number of anilines is 2. The summed E-state index contributed by atoms with van der Waals surface area (Å²) >= 11 is 0. The van der Waals surface area contributed by atoms with Crippen molar-refractivity contribution in [2.24, 2.45) is 5.73 Å². The van der Waals surface area contributed by atoms with Crippen LogP contribution in [0.15, 0.2) is 18.3 Å². The molecule has 6 nitrogen and oxygen atoms in total. The van der Waals surface area contributed by atoms with Gasteiger partial charge in [-0.1, -0.05) is 0 Å². The Hall–Kier alpha value is -2.11. The normalized spacial score (nSPS) is 15.1. The number of nitrogens with zero attached hydrogens (tertiary/aromatic N) is 3. The maximum atomic E-state index is 11.5. The Bertz CT molecular complexity index is 432. The number of carbonyl (C=O) groups is 2. The molecule has 1 aliphatic heterocycles. The van der Waals surface area contributed by atoms with Crippen LogP contribution in [0.5, 0.6) is 0 Å². The predicted octanol–water partition coefficient (Wildman–Crippen LogP) is -0.0569. The third-order valence-electron chi connectivity index (χ3n) is 2.32. The van der Waals surface area contributed by atoms with E-state index in [1.54, 1.807) is 25.4 Å². The van der Waals surface area contributed by atoms with Crippen molar-refractivity contribution in [2.45, 2.75) is 0 Å². The molecule has 3 amide bonds. The molecule has 1 aliphatic rings. The topological polar surface area (TPSA) is 79.5 Å². The van der Waals surface area contributed by atoms with Gasteiger partial charge in [0.05, 0.1) is 5.69 Å². The molecule has 0 unspecified atom stereocenters. The summed E-state index contributed by atoms with van der Waals surface area (Å²) in [7, 11) is 1.64. The van der Waals surface area contributed by atoms with Crippen molar-refractivity contribution in [3.8, 4) is 0 Å². The largest absolute Gasteiger partial charge is 0.351 e. The predicted molar refractivity (Wildman–Crippen MR) is 54.6 cm³/mol. The number of urea groups is 1. The number of likely N-dealkylation sites (N-methyl/N-ethyl adjacent to an activating group) is 1. The fourth-order valence-electron chi connectivity index (χ4n) is 1.49. The highest BCUT2D eigenvalue weighted by molar-refractivity contribution is 6.09. The van der Waals surface area contributed by atoms with Gasteiger partial charge < -0.3 is 10.6 Å². The lowest BCUT2D eigenvalue weighted by Gasteiger charge is -2.31. The average Bonchev–Trinajstić information content (AvgIpc) is 2.23. The van der Waals surface area contributed by atoms with Gasteiger partial charge >= 0.3 is 6.03 Å². The number of amides is 3. The Morgan fingerprint density at radius 2 is 2.33 bits per heavy atom. The summed E-state index contributed by atoms with van der Waals surface area (Å²) in [5, 5.41) is 0. The van der Waals surface area contributed by atoms with Crippen LogP contribution in [0.3, 0.4) is 0 Å². The van der Waals surface area contributed by atoms with E-state index in [9.17, 15) is 9.59 Å². The molecule has 78 valence electrons. The molecule has 2 rings (SSSR count). The van der Waals surface area contributed by atoms with E-state index in [1.165, 1.54) is 4.90 Å². The fraction of sp³-hybridized carbons (Fsp3) is 0.222. The van der Waals surface area contributed by atoms with Gasteiger partial charge in [0, 0.05) is 13.2 Å². The molecule has 0 saturated carbocycles. The van der Waals surface area contributed by atoms with Gasteiger partial charge in [0.1, 0.15) is 6.54 Å². The second-order valence-electron chi connectivity index (χ2n) is 3.22. The van der Waals surface area contributed by atoms with E-state index in [4.69, 9.17) is 5.73 Å². The van der Waals surface area contributed by atoms with Gasteiger partial charge in [0.25, 0.3) is 0 Å². The summed E-state index contributed by atoms with van der Waals surface area (Å²) < 4.78 is 0. The van der Waals surface area contributed by atoms with Crippen LogP contribution in [-0.4, -0.2) is 30.5 Å². The number of hydrogen-bond acceptors (Lipinski definition) is 3. The van der Waals surface area contributed by atoms with Crippen LogP contribution >= 0.6 is 0 Å². The van der Waals surface area contributed by atoms with Crippen molar-refractivity contribution >= 4 is 23.4 Å². The summed E-state index contributed by atoms with van der Waals surface area (Å²) in [4.78, 5) is 29.3. The summed E-state index contributed by atoms with van der Waals surface area (Å²) in [5.41, 5.74) is 5.76. The van der Waals surface area contributed by atoms with Crippen molar-refractivity contribution < 1.29 is 9.59 Å². The van der Waals surface area contributed by atoms with Gasteiger partial charge in [-0.3, -0.25) is 9.69 Å². The summed E-state index contributed by atoms with van der Waals surface area (Å²) in [6, 6.07) is 2.75. The highest BCUT2D eigenvalue weighted by Gasteiger charge is 2.30. The summed E-state index contributed by atoms with van der Waals surface area (Å²) in [6.07, 6.45) is 1.55. The Kier molecular flexibility index (Phi) is 2.03. The Morgan fingerprint density at radius 3 is 3.00 bits per heavy atom. The molecule has 0 saturated heterocycles. The highest BCUT2D eigenvalue weighted by Crippen LogP contribution is 2.29. The number of rotatable bonds is 0. The number of fused-ring (bicyclic) bond motifs is 1. The number of hydrogen-bond donors (Lipinski definition) is 1. The first-order valence-electron chi connectivity index (χ1n) is 4.40. The molecule has 0 atom stereocenters. The molecule has 2 N–H and O–H groups in total. The van der Waals surface area contributed by atoms with Crippen LogP contribution in [0.25, 0.3) is 0 Å². The number of nitrogens with two attached hydrogens (primary N) is 1. The molecule has 0 spiro atoms. The van der Waals surface area contributed by atoms with E-state index in [2.05, 4.69) is 4.98 Å². The number of aromatic nitrogens is 1. The molecule has 1 aromatic rings. The van der Waals surface area contributed by atoms with Crippen LogP contribution in [0.1, 0.15) is 0 Å². The second kappa shape index (κ2) is 3.23. The summed E-state index contributed by atoms with van der Waals surface area (Å²) in [6.45, 7) is -0.0597. The lowest BCUT2D eigenvalue weighted by molar-refractivity contribution is -0.117. The van der Waals surface area contributed by atoms with Crippen LogP contribution in [-0.2, 0) is 4.79 Å². The van der Waals surface area contributed by atoms with E-state index in [1.807, 2.05) is 0 Å². The quantitative estimate of drug-likeness (QED) is 0.646. The lowest BCUT2D eigenvalue weighted by Crippen LogP contribution is -2.49. The molecule has 0 radical (unpaired) electrons. The first-order chi connectivity index (χ1) is 7.11. The van der Waals surface area contributed by atoms with Crippen molar-refractivity contribution in [3.05, 3.63) is 18.3 Å². The third-order valence-corrected chi connectivity index (χ3v) is 2.32.